The Morgan fingerprint density at radius 3 is 1.46 bits per heavy atom. The van der Waals surface area contributed by atoms with Crippen LogP contribution in [0, 0.1) is 0 Å². The highest BCUT2D eigenvalue weighted by Crippen LogP contribution is 2.46. The maximum atomic E-state index is 5.37. The van der Waals surface area contributed by atoms with Crippen molar-refractivity contribution in [2.24, 2.45) is 0 Å². The van der Waals surface area contributed by atoms with E-state index in [2.05, 4.69) is 258 Å². The van der Waals surface area contributed by atoms with Gasteiger partial charge in [0, 0.05) is 66.9 Å². The summed E-state index contributed by atoms with van der Waals surface area (Å²) in [6, 6.07) is 87.8. The van der Waals surface area contributed by atoms with Crippen LogP contribution in [-0.2, 0) is 0 Å². The molecule has 0 aliphatic heterocycles. The standard InChI is InChI=1S/C75H53N5/c1-6-20-50(21-7-1)53-34-38-55(39-35-53)64-47-60(75-77-73(57-26-12-4-13-27-57)76-74(78-75)58-28-14-5-15-29-58)48-65(56-40-36-54(37-41-56)51-22-8-2-9-23-51)72(64)80-70-44-42-59(52-24-10-3-11-25-52)46-66(70)67-49-61(43-45-71(67)80)79-68-32-18-16-30-62(68)63-31-17-19-33-69(63)79/h1-22,24-34,36-49,51,53H,23,35H2. The van der Waals surface area contributed by atoms with Crippen LogP contribution in [0.5, 0.6) is 0 Å². The molecule has 0 N–H and O–H groups in total. The molecule has 5 heteroatoms. The van der Waals surface area contributed by atoms with Crippen molar-refractivity contribution < 1.29 is 0 Å². The van der Waals surface area contributed by atoms with Crippen molar-refractivity contribution in [3.05, 3.63) is 302 Å². The molecule has 80 heavy (non-hydrogen) atoms. The molecule has 13 aromatic rings. The van der Waals surface area contributed by atoms with Gasteiger partial charge < -0.3 is 9.13 Å². The van der Waals surface area contributed by atoms with E-state index >= 15 is 0 Å². The molecule has 0 radical (unpaired) electrons. The fourth-order valence-electron chi connectivity index (χ4n) is 12.3. The van der Waals surface area contributed by atoms with Crippen molar-refractivity contribution in [3.8, 4) is 67.8 Å². The molecule has 0 fully saturated rings. The highest BCUT2D eigenvalue weighted by molar-refractivity contribution is 6.14. The molecule has 2 atom stereocenters. The Kier molecular flexibility index (Phi) is 11.7. The predicted octanol–water partition coefficient (Wildman–Crippen LogP) is 19.1. The Morgan fingerprint density at radius 1 is 0.338 bits per heavy atom. The first-order chi connectivity index (χ1) is 39.7. The third kappa shape index (κ3) is 8.39. The second-order valence-corrected chi connectivity index (χ2v) is 21.0. The minimum atomic E-state index is 0.247. The van der Waals surface area contributed by atoms with Crippen molar-refractivity contribution in [2.75, 3.05) is 0 Å². The lowest BCUT2D eigenvalue weighted by Gasteiger charge is -2.24. The summed E-state index contributed by atoms with van der Waals surface area (Å²) in [5.41, 5.74) is 18.9. The van der Waals surface area contributed by atoms with E-state index in [9.17, 15) is 0 Å². The van der Waals surface area contributed by atoms with E-state index in [1.165, 1.54) is 54.8 Å². The van der Waals surface area contributed by atoms with Gasteiger partial charge in [0.15, 0.2) is 17.5 Å². The smallest absolute Gasteiger partial charge is 0.164 e. The van der Waals surface area contributed by atoms with Crippen LogP contribution in [0.3, 0.4) is 0 Å². The van der Waals surface area contributed by atoms with Gasteiger partial charge in [0.25, 0.3) is 0 Å². The van der Waals surface area contributed by atoms with Crippen LogP contribution < -0.4 is 0 Å². The molecule has 10 aromatic carbocycles. The summed E-state index contributed by atoms with van der Waals surface area (Å²) >= 11 is 0. The van der Waals surface area contributed by atoms with Crippen LogP contribution in [0.4, 0.5) is 0 Å². The van der Waals surface area contributed by atoms with Crippen LogP contribution >= 0.6 is 0 Å². The van der Waals surface area contributed by atoms with E-state index in [1.54, 1.807) is 0 Å². The fraction of sp³-hybridized carbons (Fsp3) is 0.0533. The molecule has 15 rings (SSSR count). The van der Waals surface area contributed by atoms with E-state index < -0.39 is 0 Å². The van der Waals surface area contributed by atoms with Crippen molar-refractivity contribution in [1.29, 1.82) is 0 Å². The normalized spacial score (nSPS) is 15.1. The number of rotatable bonds is 10. The van der Waals surface area contributed by atoms with Crippen LogP contribution in [-0.4, -0.2) is 24.1 Å². The molecule has 0 saturated carbocycles. The lowest BCUT2D eigenvalue weighted by molar-refractivity contribution is 0.854. The molecule has 5 nitrogen and oxygen atoms in total. The molecule has 3 heterocycles. The van der Waals surface area contributed by atoms with E-state index in [4.69, 9.17) is 15.0 Å². The molecule has 0 spiro atoms. The number of para-hydroxylation sites is 2. The molecule has 0 bridgehead atoms. The number of hydrogen-bond acceptors (Lipinski definition) is 3. The molecule has 2 unspecified atom stereocenters. The maximum Gasteiger partial charge on any atom is 0.164 e. The minimum Gasteiger partial charge on any atom is -0.309 e. The Hall–Kier alpha value is -10.2. The second kappa shape index (κ2) is 20.0. The molecule has 2 aliphatic carbocycles. The number of nitrogens with zero attached hydrogens (tertiary/aromatic N) is 5. The third-order valence-corrected chi connectivity index (χ3v) is 16.3. The van der Waals surface area contributed by atoms with E-state index in [-0.39, 0.29) is 5.92 Å². The minimum absolute atomic E-state index is 0.247. The summed E-state index contributed by atoms with van der Waals surface area (Å²) in [4.78, 5) is 15.9. The highest BCUT2D eigenvalue weighted by Gasteiger charge is 2.26. The first-order valence-corrected chi connectivity index (χ1v) is 27.7. The molecule has 0 saturated heterocycles. The summed E-state index contributed by atoms with van der Waals surface area (Å²) in [5.74, 6) is 2.41. The van der Waals surface area contributed by atoms with Crippen LogP contribution in [0.25, 0.3) is 117 Å². The predicted molar refractivity (Wildman–Crippen MR) is 332 cm³/mol. The molecule has 3 aromatic heterocycles. The Balaban J connectivity index is 1.03. The molecule has 0 amide bonds. The van der Waals surface area contributed by atoms with E-state index in [0.29, 0.717) is 23.4 Å². The van der Waals surface area contributed by atoms with Gasteiger partial charge in [-0.25, -0.2) is 15.0 Å². The average Bonchev–Trinajstić information content (AvgIpc) is 4.26. The summed E-state index contributed by atoms with van der Waals surface area (Å²) < 4.78 is 4.98. The van der Waals surface area contributed by atoms with Crippen LogP contribution in [0.1, 0.15) is 41.4 Å². The fourth-order valence-corrected chi connectivity index (χ4v) is 12.3. The van der Waals surface area contributed by atoms with Gasteiger partial charge in [-0.2, -0.15) is 0 Å². The zero-order valence-corrected chi connectivity index (χ0v) is 43.9. The van der Waals surface area contributed by atoms with Gasteiger partial charge >= 0.3 is 0 Å². The van der Waals surface area contributed by atoms with Gasteiger partial charge in [-0.3, -0.25) is 0 Å². The van der Waals surface area contributed by atoms with E-state index in [1.807, 2.05) is 36.4 Å². The second-order valence-electron chi connectivity index (χ2n) is 21.0. The number of fused-ring (bicyclic) bond motifs is 6. The summed E-state index contributed by atoms with van der Waals surface area (Å²) in [7, 11) is 0. The van der Waals surface area contributed by atoms with Crippen LogP contribution in [0.15, 0.2) is 285 Å². The average molecular weight is 1020 g/mol. The Labute approximate surface area is 465 Å². The summed E-state index contributed by atoms with van der Waals surface area (Å²) in [6.45, 7) is 0. The molecule has 378 valence electrons. The van der Waals surface area contributed by atoms with Gasteiger partial charge in [0.05, 0.1) is 27.8 Å². The highest BCUT2D eigenvalue weighted by atomic mass is 15.0. The monoisotopic (exact) mass is 1020 g/mol. The van der Waals surface area contributed by atoms with Crippen molar-refractivity contribution in [3.63, 3.8) is 0 Å². The number of benzene rings is 10. The van der Waals surface area contributed by atoms with Gasteiger partial charge in [0.1, 0.15) is 0 Å². The molecular formula is C75H53N5. The molecule has 2 aliphatic rings. The summed E-state index contributed by atoms with van der Waals surface area (Å²) in [6.07, 6.45) is 17.9. The van der Waals surface area contributed by atoms with Crippen molar-refractivity contribution >= 4 is 49.2 Å². The zero-order valence-electron chi connectivity index (χ0n) is 43.9. The van der Waals surface area contributed by atoms with Gasteiger partial charge in [0.2, 0.25) is 0 Å². The first-order valence-electron chi connectivity index (χ1n) is 27.7. The largest absolute Gasteiger partial charge is 0.309 e. The quantitative estimate of drug-likeness (QED) is 0.137. The lowest BCUT2D eigenvalue weighted by Crippen LogP contribution is -2.07. The zero-order chi connectivity index (χ0) is 52.9. The van der Waals surface area contributed by atoms with Gasteiger partial charge in [-0.1, -0.05) is 231 Å². The topological polar surface area (TPSA) is 48.5 Å². The van der Waals surface area contributed by atoms with Gasteiger partial charge in [-0.05, 0) is 101 Å². The number of hydrogen-bond donors (Lipinski definition) is 0. The Morgan fingerprint density at radius 2 is 0.850 bits per heavy atom. The summed E-state index contributed by atoms with van der Waals surface area (Å²) in [5, 5.41) is 4.82. The van der Waals surface area contributed by atoms with Gasteiger partial charge in [-0.15, -0.1) is 0 Å². The van der Waals surface area contributed by atoms with Crippen molar-refractivity contribution in [2.45, 2.75) is 24.7 Å². The number of allylic oxidation sites excluding steroid dienone is 8. The SMILES string of the molecule is C1=CCC(c2ccc(-c3cc(-c4nc(-c5ccccc5)nc(-c5ccccc5)n4)cc(C4=CCC(c5ccccc5)C=C4)c3-n3c4ccc(-c5ccccc5)cc4c4cc(-n5c6ccccc6c6ccccc65)ccc43)cc2)C=C1. The first kappa shape index (κ1) is 47.0. The lowest BCUT2D eigenvalue weighted by atomic mass is 9.85. The van der Waals surface area contributed by atoms with E-state index in [0.717, 1.165) is 74.2 Å². The third-order valence-electron chi connectivity index (χ3n) is 16.3. The van der Waals surface area contributed by atoms with Crippen molar-refractivity contribution in [1.82, 2.24) is 24.1 Å². The maximum absolute atomic E-state index is 5.37. The number of aromatic nitrogens is 5. The van der Waals surface area contributed by atoms with Crippen LogP contribution in [0.2, 0.25) is 0 Å². The Bertz CT molecular complexity index is 4510. The molecular weight excluding hydrogens is 971 g/mol.